The van der Waals surface area contributed by atoms with E-state index in [2.05, 4.69) is 15.2 Å². The predicted molar refractivity (Wildman–Crippen MR) is 70.6 cm³/mol. The monoisotopic (exact) mass is 252 g/mol. The van der Waals surface area contributed by atoms with Crippen molar-refractivity contribution >= 4 is 5.69 Å². The van der Waals surface area contributed by atoms with Crippen LogP contribution in [0.15, 0.2) is 6.20 Å². The van der Waals surface area contributed by atoms with Gasteiger partial charge in [-0.2, -0.15) is 0 Å². The molecule has 0 saturated heterocycles. The topological polar surface area (TPSA) is 71.3 Å². The number of nitro groups is 1. The molecule has 0 aliphatic heterocycles. The standard InChI is InChI=1S/C12H20N4O2/c1-9-7-14-11(8-13-5-6-15(3)4)10(2)12(9)16(17)18/h7,13H,5-6,8H2,1-4H3. The van der Waals surface area contributed by atoms with Gasteiger partial charge in [0, 0.05) is 37.0 Å². The Bertz CT molecular complexity index is 432. The third kappa shape index (κ3) is 3.75. The molecule has 0 spiro atoms. The van der Waals surface area contributed by atoms with E-state index in [9.17, 15) is 10.1 Å². The van der Waals surface area contributed by atoms with E-state index < -0.39 is 0 Å². The van der Waals surface area contributed by atoms with Crippen LogP contribution in [0.1, 0.15) is 16.8 Å². The zero-order chi connectivity index (χ0) is 13.7. The maximum atomic E-state index is 11.0. The normalized spacial score (nSPS) is 10.9. The van der Waals surface area contributed by atoms with Gasteiger partial charge < -0.3 is 10.2 Å². The Morgan fingerprint density at radius 3 is 2.67 bits per heavy atom. The molecule has 0 aromatic carbocycles. The number of nitrogens with zero attached hydrogens (tertiary/aromatic N) is 3. The van der Waals surface area contributed by atoms with Gasteiger partial charge in [-0.25, -0.2) is 0 Å². The summed E-state index contributed by atoms with van der Waals surface area (Å²) in [5, 5.41) is 14.2. The fourth-order valence-corrected chi connectivity index (χ4v) is 1.73. The third-order valence-electron chi connectivity index (χ3n) is 2.79. The van der Waals surface area contributed by atoms with Gasteiger partial charge in [0.15, 0.2) is 0 Å². The van der Waals surface area contributed by atoms with E-state index in [0.29, 0.717) is 17.7 Å². The number of hydrogen-bond acceptors (Lipinski definition) is 5. The van der Waals surface area contributed by atoms with E-state index in [0.717, 1.165) is 18.8 Å². The second-order valence-electron chi connectivity index (χ2n) is 4.60. The van der Waals surface area contributed by atoms with Crippen LogP contribution in [-0.2, 0) is 6.54 Å². The molecule has 0 aliphatic rings. The fraction of sp³-hybridized carbons (Fsp3) is 0.583. The van der Waals surface area contributed by atoms with Gasteiger partial charge in [-0.3, -0.25) is 15.1 Å². The smallest absolute Gasteiger partial charge is 0.278 e. The fourth-order valence-electron chi connectivity index (χ4n) is 1.73. The van der Waals surface area contributed by atoms with Crippen molar-refractivity contribution in [2.24, 2.45) is 0 Å². The maximum absolute atomic E-state index is 11.0. The second-order valence-corrected chi connectivity index (χ2v) is 4.60. The first-order valence-corrected chi connectivity index (χ1v) is 5.88. The summed E-state index contributed by atoms with van der Waals surface area (Å²) in [6.45, 7) is 5.77. The van der Waals surface area contributed by atoms with Crippen LogP contribution in [0.5, 0.6) is 0 Å². The lowest BCUT2D eigenvalue weighted by Crippen LogP contribution is -2.26. The molecule has 18 heavy (non-hydrogen) atoms. The van der Waals surface area contributed by atoms with Crippen molar-refractivity contribution in [2.75, 3.05) is 27.2 Å². The van der Waals surface area contributed by atoms with Crippen LogP contribution in [0.3, 0.4) is 0 Å². The molecule has 0 amide bonds. The molecule has 6 nitrogen and oxygen atoms in total. The van der Waals surface area contributed by atoms with E-state index in [1.54, 1.807) is 20.0 Å². The Morgan fingerprint density at radius 2 is 2.11 bits per heavy atom. The van der Waals surface area contributed by atoms with E-state index in [1.165, 1.54) is 0 Å². The minimum absolute atomic E-state index is 0.175. The van der Waals surface area contributed by atoms with Crippen molar-refractivity contribution in [1.29, 1.82) is 0 Å². The van der Waals surface area contributed by atoms with Crippen LogP contribution in [0.25, 0.3) is 0 Å². The second kappa shape index (κ2) is 6.42. The van der Waals surface area contributed by atoms with Crippen molar-refractivity contribution in [3.05, 3.63) is 33.1 Å². The molecule has 1 heterocycles. The largest absolute Gasteiger partial charge is 0.310 e. The highest BCUT2D eigenvalue weighted by Gasteiger charge is 2.18. The van der Waals surface area contributed by atoms with Gasteiger partial charge >= 0.3 is 0 Å². The Kier molecular flexibility index (Phi) is 5.18. The van der Waals surface area contributed by atoms with Crippen molar-refractivity contribution in [1.82, 2.24) is 15.2 Å². The highest BCUT2D eigenvalue weighted by atomic mass is 16.6. The van der Waals surface area contributed by atoms with Crippen LogP contribution in [-0.4, -0.2) is 42.0 Å². The zero-order valence-corrected chi connectivity index (χ0v) is 11.4. The summed E-state index contributed by atoms with van der Waals surface area (Å²) in [6.07, 6.45) is 1.56. The first-order valence-electron chi connectivity index (χ1n) is 5.88. The van der Waals surface area contributed by atoms with Crippen LogP contribution < -0.4 is 5.32 Å². The SMILES string of the molecule is Cc1cnc(CNCCN(C)C)c(C)c1[N+](=O)[O-]. The summed E-state index contributed by atoms with van der Waals surface area (Å²) in [4.78, 5) is 17.0. The van der Waals surface area contributed by atoms with Gasteiger partial charge in [0.1, 0.15) is 0 Å². The molecule has 0 atom stereocenters. The first kappa shape index (κ1) is 14.5. The van der Waals surface area contributed by atoms with Crippen LogP contribution in [0.4, 0.5) is 5.69 Å². The summed E-state index contributed by atoms with van der Waals surface area (Å²) in [6, 6.07) is 0. The Hall–Kier alpha value is -1.53. The minimum Gasteiger partial charge on any atom is -0.310 e. The zero-order valence-electron chi connectivity index (χ0n) is 11.4. The lowest BCUT2D eigenvalue weighted by atomic mass is 10.1. The van der Waals surface area contributed by atoms with Gasteiger partial charge in [0.25, 0.3) is 5.69 Å². The van der Waals surface area contributed by atoms with Crippen molar-refractivity contribution in [3.8, 4) is 0 Å². The Morgan fingerprint density at radius 1 is 1.44 bits per heavy atom. The van der Waals surface area contributed by atoms with Crippen molar-refractivity contribution < 1.29 is 4.92 Å². The van der Waals surface area contributed by atoms with Gasteiger partial charge in [-0.1, -0.05) is 0 Å². The number of nitrogens with one attached hydrogen (secondary N) is 1. The molecule has 1 N–H and O–H groups in total. The van der Waals surface area contributed by atoms with E-state index in [-0.39, 0.29) is 10.6 Å². The molecule has 6 heteroatoms. The summed E-state index contributed by atoms with van der Waals surface area (Å²) in [5.74, 6) is 0. The quantitative estimate of drug-likeness (QED) is 0.469. The van der Waals surface area contributed by atoms with Crippen LogP contribution >= 0.6 is 0 Å². The molecular formula is C12H20N4O2. The molecule has 0 aliphatic carbocycles. The van der Waals surface area contributed by atoms with Gasteiger partial charge in [0.2, 0.25) is 0 Å². The Labute approximate surface area is 107 Å². The highest BCUT2D eigenvalue weighted by Crippen LogP contribution is 2.23. The summed E-state index contributed by atoms with van der Waals surface area (Å²) in [5.41, 5.74) is 2.17. The molecule has 0 radical (unpaired) electrons. The van der Waals surface area contributed by atoms with Gasteiger partial charge in [-0.15, -0.1) is 0 Å². The van der Waals surface area contributed by atoms with Crippen molar-refractivity contribution in [2.45, 2.75) is 20.4 Å². The summed E-state index contributed by atoms with van der Waals surface area (Å²) >= 11 is 0. The number of aromatic nitrogens is 1. The molecule has 0 unspecified atom stereocenters. The summed E-state index contributed by atoms with van der Waals surface area (Å²) in [7, 11) is 4.00. The molecule has 1 rings (SSSR count). The first-order chi connectivity index (χ1) is 8.43. The lowest BCUT2D eigenvalue weighted by Gasteiger charge is -2.11. The number of rotatable bonds is 6. The predicted octanol–water partition coefficient (Wildman–Crippen LogP) is 1.26. The summed E-state index contributed by atoms with van der Waals surface area (Å²) < 4.78 is 0. The van der Waals surface area contributed by atoms with E-state index >= 15 is 0 Å². The molecule has 100 valence electrons. The number of aryl methyl sites for hydroxylation is 1. The average Bonchev–Trinajstić information content (AvgIpc) is 2.26. The Balaban J connectivity index is 2.73. The maximum Gasteiger partial charge on any atom is 0.278 e. The van der Waals surface area contributed by atoms with Gasteiger partial charge in [-0.05, 0) is 27.9 Å². The molecular weight excluding hydrogens is 232 g/mol. The van der Waals surface area contributed by atoms with Crippen LogP contribution in [0, 0.1) is 24.0 Å². The molecule has 0 bridgehead atoms. The van der Waals surface area contributed by atoms with E-state index in [4.69, 9.17) is 0 Å². The van der Waals surface area contributed by atoms with E-state index in [1.807, 2.05) is 14.1 Å². The number of likely N-dealkylation sites (N-methyl/N-ethyl adjacent to an activating group) is 1. The van der Waals surface area contributed by atoms with Crippen LogP contribution in [0.2, 0.25) is 0 Å². The van der Waals surface area contributed by atoms with Crippen molar-refractivity contribution in [3.63, 3.8) is 0 Å². The molecule has 0 fully saturated rings. The third-order valence-corrected chi connectivity index (χ3v) is 2.79. The molecule has 1 aromatic rings. The average molecular weight is 252 g/mol. The minimum atomic E-state index is -0.338. The number of hydrogen-bond donors (Lipinski definition) is 1. The van der Waals surface area contributed by atoms with Gasteiger partial charge in [0.05, 0.1) is 10.6 Å². The molecule has 1 aromatic heterocycles. The molecule has 0 saturated carbocycles. The number of pyridine rings is 1. The highest BCUT2D eigenvalue weighted by molar-refractivity contribution is 5.47. The lowest BCUT2D eigenvalue weighted by molar-refractivity contribution is -0.386.